The Bertz CT molecular complexity index is 494. The second-order valence-electron chi connectivity index (χ2n) is 5.91. The van der Waals surface area contributed by atoms with Gasteiger partial charge in [-0.05, 0) is 30.5 Å². The zero-order valence-electron chi connectivity index (χ0n) is 13.5. The summed E-state index contributed by atoms with van der Waals surface area (Å²) in [6.45, 7) is 6.72. The average Bonchev–Trinajstić information content (AvgIpc) is 2.50. The molecule has 5 nitrogen and oxygen atoms in total. The highest BCUT2D eigenvalue weighted by atomic mass is 16.5. The molecule has 2 N–H and O–H groups in total. The monoisotopic (exact) mass is 307 g/mol. The van der Waals surface area contributed by atoms with E-state index < -0.39 is 5.97 Å². The maximum Gasteiger partial charge on any atom is 0.303 e. The van der Waals surface area contributed by atoms with Gasteiger partial charge in [0.1, 0.15) is 5.75 Å². The van der Waals surface area contributed by atoms with Crippen LogP contribution in [0.5, 0.6) is 5.75 Å². The molecule has 0 radical (unpaired) electrons. The number of carbonyl (C=O) groups is 2. The minimum absolute atomic E-state index is 0.0454. The first-order valence-corrected chi connectivity index (χ1v) is 7.57. The minimum Gasteiger partial charge on any atom is -0.494 e. The first kappa shape index (κ1) is 18.0. The molecular formula is C17H25NO4. The fourth-order valence-electron chi connectivity index (χ4n) is 1.70. The van der Waals surface area contributed by atoms with Crippen LogP contribution in [0.1, 0.15) is 45.6 Å². The maximum absolute atomic E-state index is 12.0. The number of hydrogen-bond acceptors (Lipinski definition) is 3. The van der Waals surface area contributed by atoms with Crippen molar-refractivity contribution in [2.45, 2.75) is 46.6 Å². The maximum atomic E-state index is 12.0. The lowest BCUT2D eigenvalue weighted by atomic mass is 9.89. The van der Waals surface area contributed by atoms with Crippen LogP contribution in [0.15, 0.2) is 24.3 Å². The summed E-state index contributed by atoms with van der Waals surface area (Å²) in [7, 11) is 0. The van der Waals surface area contributed by atoms with Gasteiger partial charge in [0.2, 0.25) is 5.91 Å². The van der Waals surface area contributed by atoms with Gasteiger partial charge in [0.25, 0.3) is 0 Å². The number of ether oxygens (including phenoxy) is 1. The summed E-state index contributed by atoms with van der Waals surface area (Å²) in [5.41, 5.74) is 0.644. The molecule has 0 saturated heterocycles. The molecule has 5 heteroatoms. The van der Waals surface area contributed by atoms with E-state index in [1.54, 1.807) is 0 Å². The van der Waals surface area contributed by atoms with Crippen LogP contribution in [0.3, 0.4) is 0 Å². The van der Waals surface area contributed by atoms with Crippen molar-refractivity contribution in [2.24, 2.45) is 5.41 Å². The van der Waals surface area contributed by atoms with Gasteiger partial charge in [-0.2, -0.15) is 0 Å². The van der Waals surface area contributed by atoms with Crippen LogP contribution in [-0.4, -0.2) is 23.6 Å². The second kappa shape index (κ2) is 8.41. The van der Waals surface area contributed by atoms with Crippen molar-refractivity contribution in [2.75, 3.05) is 6.61 Å². The van der Waals surface area contributed by atoms with Crippen LogP contribution in [0.25, 0.3) is 0 Å². The van der Waals surface area contributed by atoms with Crippen LogP contribution in [0.4, 0.5) is 0 Å². The molecule has 1 aromatic rings. The van der Waals surface area contributed by atoms with Gasteiger partial charge in [0.05, 0.1) is 6.61 Å². The number of amides is 1. The Labute approximate surface area is 131 Å². The topological polar surface area (TPSA) is 75.6 Å². The SMILES string of the molecule is CCC(C)(C)C(=O)NCc1ccc(OCCCC(=O)O)cc1. The van der Waals surface area contributed by atoms with Gasteiger partial charge >= 0.3 is 5.97 Å². The predicted molar refractivity (Wildman–Crippen MR) is 84.7 cm³/mol. The van der Waals surface area contributed by atoms with Crippen molar-refractivity contribution in [3.63, 3.8) is 0 Å². The molecule has 0 aliphatic rings. The average molecular weight is 307 g/mol. The number of carbonyl (C=O) groups excluding carboxylic acids is 1. The van der Waals surface area contributed by atoms with E-state index in [9.17, 15) is 9.59 Å². The van der Waals surface area contributed by atoms with E-state index in [-0.39, 0.29) is 17.7 Å². The van der Waals surface area contributed by atoms with E-state index in [0.29, 0.717) is 25.3 Å². The number of carboxylic acids is 1. The Morgan fingerprint density at radius 3 is 2.41 bits per heavy atom. The largest absolute Gasteiger partial charge is 0.494 e. The van der Waals surface area contributed by atoms with Crippen molar-refractivity contribution in [3.8, 4) is 5.75 Å². The molecule has 22 heavy (non-hydrogen) atoms. The van der Waals surface area contributed by atoms with E-state index in [1.807, 2.05) is 45.0 Å². The van der Waals surface area contributed by atoms with E-state index in [4.69, 9.17) is 9.84 Å². The van der Waals surface area contributed by atoms with E-state index in [0.717, 1.165) is 12.0 Å². The van der Waals surface area contributed by atoms with Gasteiger partial charge in [-0.3, -0.25) is 9.59 Å². The summed E-state index contributed by atoms with van der Waals surface area (Å²) in [6, 6.07) is 7.44. The van der Waals surface area contributed by atoms with Gasteiger partial charge in [0, 0.05) is 18.4 Å². The van der Waals surface area contributed by atoms with Gasteiger partial charge in [-0.1, -0.05) is 32.9 Å². The smallest absolute Gasteiger partial charge is 0.303 e. The highest BCUT2D eigenvalue weighted by molar-refractivity contribution is 5.81. The van der Waals surface area contributed by atoms with E-state index in [1.165, 1.54) is 0 Å². The third-order valence-corrected chi connectivity index (χ3v) is 3.68. The van der Waals surface area contributed by atoms with Crippen molar-refractivity contribution in [3.05, 3.63) is 29.8 Å². The standard InChI is InChI=1S/C17H25NO4/c1-4-17(2,3)16(21)18-12-13-7-9-14(10-8-13)22-11-5-6-15(19)20/h7-10H,4-6,11-12H2,1-3H3,(H,18,21)(H,19,20). The Balaban J connectivity index is 2.39. The molecule has 122 valence electrons. The first-order valence-electron chi connectivity index (χ1n) is 7.57. The zero-order chi connectivity index (χ0) is 16.6. The molecule has 0 unspecified atom stereocenters. The van der Waals surface area contributed by atoms with Crippen molar-refractivity contribution in [1.82, 2.24) is 5.32 Å². The van der Waals surface area contributed by atoms with Crippen LogP contribution in [-0.2, 0) is 16.1 Å². The molecule has 1 amide bonds. The highest BCUT2D eigenvalue weighted by Gasteiger charge is 2.24. The summed E-state index contributed by atoms with van der Waals surface area (Å²) in [5.74, 6) is -0.0666. The third kappa shape index (κ3) is 6.16. The summed E-state index contributed by atoms with van der Waals surface area (Å²) in [6.07, 6.45) is 1.39. The van der Waals surface area contributed by atoms with Gasteiger partial charge in [-0.15, -0.1) is 0 Å². The van der Waals surface area contributed by atoms with Crippen molar-refractivity contribution in [1.29, 1.82) is 0 Å². The van der Waals surface area contributed by atoms with Gasteiger partial charge in [-0.25, -0.2) is 0 Å². The Morgan fingerprint density at radius 2 is 1.86 bits per heavy atom. The number of hydrogen-bond donors (Lipinski definition) is 2. The molecule has 0 fully saturated rings. The van der Waals surface area contributed by atoms with Crippen LogP contribution < -0.4 is 10.1 Å². The zero-order valence-corrected chi connectivity index (χ0v) is 13.5. The molecule has 0 bridgehead atoms. The second-order valence-corrected chi connectivity index (χ2v) is 5.91. The quantitative estimate of drug-likeness (QED) is 0.688. The fourth-order valence-corrected chi connectivity index (χ4v) is 1.70. The predicted octanol–water partition coefficient (Wildman–Crippen LogP) is 2.98. The molecule has 0 atom stereocenters. The summed E-state index contributed by atoms with van der Waals surface area (Å²) >= 11 is 0. The molecule has 1 aromatic carbocycles. The van der Waals surface area contributed by atoms with Crippen LogP contribution in [0.2, 0.25) is 0 Å². The van der Waals surface area contributed by atoms with Crippen LogP contribution in [0, 0.1) is 5.41 Å². The molecule has 0 saturated carbocycles. The number of carboxylic acid groups (broad SMARTS) is 1. The Morgan fingerprint density at radius 1 is 1.23 bits per heavy atom. The molecule has 0 heterocycles. The van der Waals surface area contributed by atoms with E-state index >= 15 is 0 Å². The molecule has 1 rings (SSSR count). The summed E-state index contributed by atoms with van der Waals surface area (Å²) in [5, 5.41) is 11.5. The lowest BCUT2D eigenvalue weighted by Gasteiger charge is -2.21. The molecule has 0 aliphatic carbocycles. The van der Waals surface area contributed by atoms with Gasteiger partial charge in [0.15, 0.2) is 0 Å². The Kier molecular flexibility index (Phi) is 6.89. The minimum atomic E-state index is -0.815. The van der Waals surface area contributed by atoms with Crippen molar-refractivity contribution >= 4 is 11.9 Å². The molecule has 0 aliphatic heterocycles. The number of rotatable bonds is 9. The fraction of sp³-hybridized carbons (Fsp3) is 0.529. The number of nitrogens with one attached hydrogen (secondary N) is 1. The highest BCUT2D eigenvalue weighted by Crippen LogP contribution is 2.20. The molecule has 0 spiro atoms. The lowest BCUT2D eigenvalue weighted by Crippen LogP contribution is -2.35. The normalized spacial score (nSPS) is 11.0. The van der Waals surface area contributed by atoms with Gasteiger partial charge < -0.3 is 15.2 Å². The molecular weight excluding hydrogens is 282 g/mol. The summed E-state index contributed by atoms with van der Waals surface area (Å²) < 4.78 is 5.46. The third-order valence-electron chi connectivity index (χ3n) is 3.68. The summed E-state index contributed by atoms with van der Waals surface area (Å²) in [4.78, 5) is 22.4. The Hall–Kier alpha value is -2.04. The first-order chi connectivity index (χ1) is 10.3. The molecule has 0 aromatic heterocycles. The lowest BCUT2D eigenvalue weighted by molar-refractivity contribution is -0.137. The van der Waals surface area contributed by atoms with Crippen LogP contribution >= 0.6 is 0 Å². The number of benzene rings is 1. The van der Waals surface area contributed by atoms with Crippen molar-refractivity contribution < 1.29 is 19.4 Å². The number of aliphatic carboxylic acids is 1. The van der Waals surface area contributed by atoms with E-state index in [2.05, 4.69) is 5.32 Å².